The minimum Gasteiger partial charge on any atom is -0.493 e. The first-order valence-corrected chi connectivity index (χ1v) is 8.39. The highest BCUT2D eigenvalue weighted by molar-refractivity contribution is 5.91. The van der Waals surface area contributed by atoms with E-state index in [0.29, 0.717) is 23.9 Å². The Morgan fingerprint density at radius 2 is 1.81 bits per heavy atom. The molecule has 27 heavy (non-hydrogen) atoms. The number of nitrogens with one attached hydrogen (secondary N) is 2. The van der Waals surface area contributed by atoms with Gasteiger partial charge in [0.05, 0.1) is 19.0 Å². The van der Waals surface area contributed by atoms with Gasteiger partial charge in [0.25, 0.3) is 5.91 Å². The zero-order valence-electron chi connectivity index (χ0n) is 14.9. The molecule has 0 atom stereocenters. The molecule has 0 aliphatic heterocycles. The average molecular weight is 364 g/mol. The number of rotatable bonds is 8. The van der Waals surface area contributed by atoms with Crippen LogP contribution in [0.5, 0.6) is 11.5 Å². The number of methoxy groups -OCH3 is 1. The Morgan fingerprint density at radius 1 is 1.04 bits per heavy atom. The Kier molecular flexibility index (Phi) is 6.19. The van der Waals surface area contributed by atoms with Gasteiger partial charge in [-0.1, -0.05) is 12.1 Å². The van der Waals surface area contributed by atoms with E-state index in [1.807, 2.05) is 30.3 Å². The van der Waals surface area contributed by atoms with Gasteiger partial charge in [0.15, 0.2) is 18.1 Å². The Hall–Kier alpha value is -3.61. The number of aromatic nitrogens is 2. The fraction of sp³-hybridized carbons (Fsp3) is 0.150. The molecule has 0 aliphatic rings. The Labute approximate surface area is 157 Å². The van der Waals surface area contributed by atoms with Crippen molar-refractivity contribution in [1.82, 2.24) is 9.97 Å². The number of para-hydroxylation sites is 2. The first kappa shape index (κ1) is 18.2. The summed E-state index contributed by atoms with van der Waals surface area (Å²) in [7, 11) is 1.55. The number of hydrogen-bond acceptors (Lipinski definition) is 6. The third-order valence-corrected chi connectivity index (χ3v) is 3.70. The number of anilines is 2. The van der Waals surface area contributed by atoms with Crippen molar-refractivity contribution < 1.29 is 14.3 Å². The molecule has 2 aromatic heterocycles. The van der Waals surface area contributed by atoms with Crippen molar-refractivity contribution in [3.05, 3.63) is 72.7 Å². The maximum Gasteiger partial charge on any atom is 0.263 e. The van der Waals surface area contributed by atoms with Gasteiger partial charge in [0.2, 0.25) is 0 Å². The van der Waals surface area contributed by atoms with Gasteiger partial charge in [-0.2, -0.15) is 0 Å². The van der Waals surface area contributed by atoms with Crippen LogP contribution in [0.25, 0.3) is 0 Å². The molecule has 3 aromatic rings. The molecule has 0 radical (unpaired) electrons. The quantitative estimate of drug-likeness (QED) is 0.639. The molecule has 138 valence electrons. The predicted molar refractivity (Wildman–Crippen MR) is 103 cm³/mol. The highest BCUT2D eigenvalue weighted by Gasteiger charge is 2.08. The summed E-state index contributed by atoms with van der Waals surface area (Å²) in [6, 6.07) is 14.6. The minimum atomic E-state index is -0.300. The number of hydrogen-bond donors (Lipinski definition) is 2. The molecule has 0 saturated carbocycles. The Bertz CT molecular complexity index is 870. The molecular formula is C20H20N4O3. The molecule has 0 bridgehead atoms. The van der Waals surface area contributed by atoms with Crippen molar-refractivity contribution in [2.24, 2.45) is 0 Å². The van der Waals surface area contributed by atoms with E-state index in [4.69, 9.17) is 9.47 Å². The Balaban J connectivity index is 1.48. The van der Waals surface area contributed by atoms with Crippen LogP contribution >= 0.6 is 0 Å². The van der Waals surface area contributed by atoms with Crippen LogP contribution in [0.15, 0.2) is 67.1 Å². The number of ether oxygens (including phenoxy) is 2. The predicted octanol–water partition coefficient (Wildman–Crippen LogP) is 3.11. The summed E-state index contributed by atoms with van der Waals surface area (Å²) in [5, 5.41) is 5.96. The lowest BCUT2D eigenvalue weighted by atomic mass is 10.2. The second-order valence-electron chi connectivity index (χ2n) is 5.63. The largest absolute Gasteiger partial charge is 0.493 e. The monoisotopic (exact) mass is 364 g/mol. The zero-order valence-corrected chi connectivity index (χ0v) is 14.9. The summed E-state index contributed by atoms with van der Waals surface area (Å²) in [6.45, 7) is 0.534. The van der Waals surface area contributed by atoms with E-state index in [2.05, 4.69) is 20.6 Å². The molecule has 2 heterocycles. The fourth-order valence-corrected chi connectivity index (χ4v) is 2.34. The third-order valence-electron chi connectivity index (χ3n) is 3.70. The van der Waals surface area contributed by atoms with Gasteiger partial charge < -0.3 is 20.1 Å². The van der Waals surface area contributed by atoms with Crippen LogP contribution in [0.1, 0.15) is 5.56 Å². The van der Waals surface area contributed by atoms with Crippen LogP contribution in [-0.4, -0.2) is 29.6 Å². The normalized spacial score (nSPS) is 10.1. The first-order chi connectivity index (χ1) is 13.2. The molecule has 7 heteroatoms. The summed E-state index contributed by atoms with van der Waals surface area (Å²) >= 11 is 0. The number of carbonyl (C=O) groups excluding carboxylic acids is 1. The second kappa shape index (κ2) is 9.19. The van der Waals surface area contributed by atoms with Crippen LogP contribution < -0.4 is 20.1 Å². The van der Waals surface area contributed by atoms with E-state index in [1.165, 1.54) is 0 Å². The molecular weight excluding hydrogens is 344 g/mol. The lowest BCUT2D eigenvalue weighted by molar-refractivity contribution is -0.118. The maximum absolute atomic E-state index is 12.0. The fourth-order valence-electron chi connectivity index (χ4n) is 2.34. The topological polar surface area (TPSA) is 85.4 Å². The smallest absolute Gasteiger partial charge is 0.263 e. The molecule has 1 amide bonds. The van der Waals surface area contributed by atoms with Crippen molar-refractivity contribution in [3.63, 3.8) is 0 Å². The van der Waals surface area contributed by atoms with Crippen LogP contribution in [0, 0.1) is 0 Å². The van der Waals surface area contributed by atoms with Crippen molar-refractivity contribution in [2.45, 2.75) is 6.54 Å². The molecule has 0 saturated heterocycles. The van der Waals surface area contributed by atoms with Crippen molar-refractivity contribution in [3.8, 4) is 11.5 Å². The second-order valence-corrected chi connectivity index (χ2v) is 5.63. The van der Waals surface area contributed by atoms with Gasteiger partial charge in [0, 0.05) is 18.9 Å². The van der Waals surface area contributed by atoms with E-state index < -0.39 is 0 Å². The number of benzene rings is 1. The molecule has 0 fully saturated rings. The van der Waals surface area contributed by atoms with E-state index in [-0.39, 0.29) is 12.5 Å². The summed E-state index contributed by atoms with van der Waals surface area (Å²) in [5.74, 6) is 1.25. The molecule has 0 spiro atoms. The van der Waals surface area contributed by atoms with Gasteiger partial charge >= 0.3 is 0 Å². The first-order valence-electron chi connectivity index (χ1n) is 8.39. The van der Waals surface area contributed by atoms with E-state index in [0.717, 1.165) is 11.3 Å². The van der Waals surface area contributed by atoms with Crippen molar-refractivity contribution in [1.29, 1.82) is 0 Å². The van der Waals surface area contributed by atoms with Crippen molar-refractivity contribution >= 4 is 17.4 Å². The van der Waals surface area contributed by atoms with E-state index >= 15 is 0 Å². The van der Waals surface area contributed by atoms with E-state index in [1.54, 1.807) is 43.9 Å². The molecule has 1 aromatic carbocycles. The van der Waals surface area contributed by atoms with Gasteiger partial charge in [0.1, 0.15) is 5.82 Å². The highest BCUT2D eigenvalue weighted by Crippen LogP contribution is 2.25. The highest BCUT2D eigenvalue weighted by atomic mass is 16.5. The van der Waals surface area contributed by atoms with E-state index in [9.17, 15) is 4.79 Å². The minimum absolute atomic E-state index is 0.135. The zero-order chi connectivity index (χ0) is 18.9. The lowest BCUT2D eigenvalue weighted by Crippen LogP contribution is -2.20. The number of carbonyl (C=O) groups is 1. The van der Waals surface area contributed by atoms with Gasteiger partial charge in [-0.15, -0.1) is 0 Å². The molecule has 3 rings (SSSR count). The van der Waals surface area contributed by atoms with Gasteiger partial charge in [-0.05, 0) is 42.0 Å². The van der Waals surface area contributed by atoms with Crippen LogP contribution in [0.4, 0.5) is 11.5 Å². The number of pyridine rings is 2. The molecule has 7 nitrogen and oxygen atoms in total. The third kappa shape index (κ3) is 5.43. The number of amides is 1. The summed E-state index contributed by atoms with van der Waals surface area (Å²) in [5.41, 5.74) is 1.98. The van der Waals surface area contributed by atoms with Gasteiger partial charge in [-0.25, -0.2) is 4.98 Å². The molecule has 0 unspecified atom stereocenters. The molecule has 0 aliphatic carbocycles. The Morgan fingerprint density at radius 3 is 2.52 bits per heavy atom. The maximum atomic E-state index is 12.0. The average Bonchev–Trinajstić information content (AvgIpc) is 2.72. The van der Waals surface area contributed by atoms with Crippen molar-refractivity contribution in [2.75, 3.05) is 24.4 Å². The number of nitrogens with zero attached hydrogens (tertiary/aromatic N) is 2. The lowest BCUT2D eigenvalue weighted by Gasteiger charge is -2.10. The van der Waals surface area contributed by atoms with Crippen LogP contribution in [0.3, 0.4) is 0 Å². The van der Waals surface area contributed by atoms with Crippen LogP contribution in [0.2, 0.25) is 0 Å². The summed E-state index contributed by atoms with van der Waals surface area (Å²) < 4.78 is 10.7. The SMILES string of the molecule is COc1ccccc1OCC(=O)Nc1ccc(NCc2ccncc2)cn1. The van der Waals surface area contributed by atoms with Crippen LogP contribution in [-0.2, 0) is 11.3 Å². The summed E-state index contributed by atoms with van der Waals surface area (Å²) in [4.78, 5) is 20.3. The summed E-state index contributed by atoms with van der Waals surface area (Å²) in [6.07, 6.45) is 5.17. The van der Waals surface area contributed by atoms with Gasteiger partial charge in [-0.3, -0.25) is 9.78 Å². The molecule has 2 N–H and O–H groups in total. The standard InChI is InChI=1S/C20H20N4O3/c1-26-17-4-2-3-5-18(17)27-14-20(25)24-19-7-6-16(13-23-19)22-12-15-8-10-21-11-9-15/h2-11,13,22H,12,14H2,1H3,(H,23,24,25).